The predicted octanol–water partition coefficient (Wildman–Crippen LogP) is 5.84. The van der Waals surface area contributed by atoms with E-state index in [2.05, 4.69) is 96.7 Å². The Kier molecular flexibility index (Phi) is 2.66. The lowest BCUT2D eigenvalue weighted by Gasteiger charge is -2.37. The minimum atomic E-state index is 1.25. The third-order valence-electron chi connectivity index (χ3n) is 5.13. The van der Waals surface area contributed by atoms with Gasteiger partial charge in [0.05, 0.1) is 22.7 Å². The second-order valence-corrected chi connectivity index (χ2v) is 6.49. The summed E-state index contributed by atoms with van der Waals surface area (Å²) in [6.45, 7) is 0. The van der Waals surface area contributed by atoms with Crippen LogP contribution in [0.15, 0.2) is 72.8 Å². The molecule has 4 aromatic rings. The summed E-state index contributed by atoms with van der Waals surface area (Å²) in [6.07, 6.45) is 0. The SMILES string of the molecule is CN1c2cc3ccccc3cc2N(C)c2cc3ccccc3cc21. The van der Waals surface area contributed by atoms with Crippen molar-refractivity contribution in [3.63, 3.8) is 0 Å². The molecule has 0 aromatic heterocycles. The molecule has 1 heterocycles. The molecule has 0 amide bonds. The van der Waals surface area contributed by atoms with Crippen LogP contribution in [0.2, 0.25) is 0 Å². The summed E-state index contributed by atoms with van der Waals surface area (Å²) in [4.78, 5) is 4.62. The summed E-state index contributed by atoms with van der Waals surface area (Å²) in [5, 5.41) is 5.11. The van der Waals surface area contributed by atoms with E-state index in [0.717, 1.165) is 0 Å². The van der Waals surface area contributed by atoms with Gasteiger partial charge in [0.2, 0.25) is 0 Å². The molecule has 2 nitrogen and oxygen atoms in total. The van der Waals surface area contributed by atoms with Crippen LogP contribution in [0.25, 0.3) is 21.5 Å². The maximum Gasteiger partial charge on any atom is 0.0656 e. The molecule has 0 fully saturated rings. The third-order valence-corrected chi connectivity index (χ3v) is 5.13. The van der Waals surface area contributed by atoms with Crippen molar-refractivity contribution in [2.75, 3.05) is 23.9 Å². The van der Waals surface area contributed by atoms with E-state index in [4.69, 9.17) is 0 Å². The molecule has 2 heteroatoms. The lowest BCUT2D eigenvalue weighted by atomic mass is 10.0. The zero-order valence-corrected chi connectivity index (χ0v) is 13.8. The smallest absolute Gasteiger partial charge is 0.0656 e. The Morgan fingerprint density at radius 2 is 0.708 bits per heavy atom. The molecule has 0 saturated carbocycles. The largest absolute Gasteiger partial charge is 0.341 e. The third kappa shape index (κ3) is 1.77. The summed E-state index contributed by atoms with van der Waals surface area (Å²) in [5.74, 6) is 0. The maximum atomic E-state index is 2.31. The molecular weight excluding hydrogens is 292 g/mol. The van der Waals surface area contributed by atoms with E-state index in [1.54, 1.807) is 0 Å². The first kappa shape index (κ1) is 13.4. The predicted molar refractivity (Wildman–Crippen MR) is 104 cm³/mol. The number of anilines is 4. The van der Waals surface area contributed by atoms with Crippen LogP contribution in [0.4, 0.5) is 22.7 Å². The zero-order valence-electron chi connectivity index (χ0n) is 13.8. The van der Waals surface area contributed by atoms with E-state index < -0.39 is 0 Å². The first-order valence-electron chi connectivity index (χ1n) is 8.25. The zero-order chi connectivity index (χ0) is 16.3. The molecule has 1 aliphatic heterocycles. The van der Waals surface area contributed by atoms with Gasteiger partial charge in [-0.2, -0.15) is 0 Å². The van der Waals surface area contributed by atoms with Gasteiger partial charge in [0.1, 0.15) is 0 Å². The summed E-state index contributed by atoms with van der Waals surface area (Å²) in [7, 11) is 4.32. The molecule has 24 heavy (non-hydrogen) atoms. The van der Waals surface area contributed by atoms with Gasteiger partial charge < -0.3 is 9.80 Å². The van der Waals surface area contributed by atoms with Crippen molar-refractivity contribution in [3.8, 4) is 0 Å². The van der Waals surface area contributed by atoms with Gasteiger partial charge in [0, 0.05) is 14.1 Å². The van der Waals surface area contributed by atoms with Gasteiger partial charge in [-0.1, -0.05) is 48.5 Å². The fraction of sp³-hybridized carbons (Fsp3) is 0.0909. The van der Waals surface area contributed by atoms with E-state index in [1.807, 2.05) is 0 Å². The molecule has 0 aliphatic carbocycles. The summed E-state index contributed by atoms with van der Waals surface area (Å²) >= 11 is 0. The Labute approximate surface area is 141 Å². The molecule has 0 spiro atoms. The number of nitrogens with zero attached hydrogens (tertiary/aromatic N) is 2. The minimum absolute atomic E-state index is 1.25. The van der Waals surface area contributed by atoms with Gasteiger partial charge in [0.15, 0.2) is 0 Å². The van der Waals surface area contributed by atoms with Crippen LogP contribution in [0, 0.1) is 0 Å². The van der Waals surface area contributed by atoms with Gasteiger partial charge >= 0.3 is 0 Å². The van der Waals surface area contributed by atoms with Crippen LogP contribution in [0.5, 0.6) is 0 Å². The van der Waals surface area contributed by atoms with Gasteiger partial charge in [-0.15, -0.1) is 0 Å². The molecule has 5 rings (SSSR count). The quantitative estimate of drug-likeness (QED) is 0.402. The number of rotatable bonds is 0. The van der Waals surface area contributed by atoms with Crippen molar-refractivity contribution in [1.82, 2.24) is 0 Å². The average molecular weight is 310 g/mol. The Morgan fingerprint density at radius 1 is 0.458 bits per heavy atom. The van der Waals surface area contributed by atoms with Crippen LogP contribution in [-0.2, 0) is 0 Å². The first-order chi connectivity index (χ1) is 11.7. The van der Waals surface area contributed by atoms with Gasteiger partial charge in [0.25, 0.3) is 0 Å². The van der Waals surface area contributed by atoms with Crippen LogP contribution < -0.4 is 9.80 Å². The van der Waals surface area contributed by atoms with E-state index in [1.165, 1.54) is 44.3 Å². The van der Waals surface area contributed by atoms with Crippen molar-refractivity contribution in [2.24, 2.45) is 0 Å². The highest BCUT2D eigenvalue weighted by atomic mass is 15.2. The highest BCUT2D eigenvalue weighted by Gasteiger charge is 2.24. The number of hydrogen-bond donors (Lipinski definition) is 0. The van der Waals surface area contributed by atoms with Crippen molar-refractivity contribution < 1.29 is 0 Å². The topological polar surface area (TPSA) is 6.48 Å². The monoisotopic (exact) mass is 310 g/mol. The average Bonchev–Trinajstić information content (AvgIpc) is 2.64. The standard InChI is InChI=1S/C22H18N2/c1-23-19-11-15-7-3-5-9-17(15)13-21(19)24(2)22-14-18-10-6-4-8-16(18)12-20(22)23/h3-14H,1-2H3. The number of fused-ring (bicyclic) bond motifs is 4. The highest BCUT2D eigenvalue weighted by Crippen LogP contribution is 2.48. The van der Waals surface area contributed by atoms with Crippen molar-refractivity contribution in [3.05, 3.63) is 72.8 Å². The van der Waals surface area contributed by atoms with Crippen LogP contribution in [0.3, 0.4) is 0 Å². The molecule has 0 radical (unpaired) electrons. The number of benzene rings is 4. The Balaban J connectivity index is 1.81. The normalized spacial score (nSPS) is 13.2. The molecule has 0 bridgehead atoms. The lowest BCUT2D eigenvalue weighted by Crippen LogP contribution is -2.24. The Morgan fingerprint density at radius 3 is 0.958 bits per heavy atom. The van der Waals surface area contributed by atoms with Gasteiger partial charge in [-0.3, -0.25) is 0 Å². The molecular formula is C22H18N2. The summed E-state index contributed by atoms with van der Waals surface area (Å²) < 4.78 is 0. The van der Waals surface area contributed by atoms with Gasteiger partial charge in [-0.05, 0) is 45.8 Å². The van der Waals surface area contributed by atoms with Crippen molar-refractivity contribution >= 4 is 44.3 Å². The van der Waals surface area contributed by atoms with E-state index in [-0.39, 0.29) is 0 Å². The Bertz CT molecular complexity index is 923. The molecule has 0 atom stereocenters. The fourth-order valence-corrected chi connectivity index (χ4v) is 3.77. The molecule has 116 valence electrons. The maximum absolute atomic E-state index is 2.31. The van der Waals surface area contributed by atoms with E-state index in [0.29, 0.717) is 0 Å². The molecule has 1 aliphatic rings. The van der Waals surface area contributed by atoms with Crippen LogP contribution in [-0.4, -0.2) is 14.1 Å². The fourth-order valence-electron chi connectivity index (χ4n) is 3.77. The Hall–Kier alpha value is -3.00. The highest BCUT2D eigenvalue weighted by molar-refractivity contribution is 6.03. The summed E-state index contributed by atoms with van der Waals surface area (Å²) in [5.41, 5.74) is 5.00. The summed E-state index contributed by atoms with van der Waals surface area (Å²) in [6, 6.07) is 26.3. The molecule has 0 unspecified atom stereocenters. The van der Waals surface area contributed by atoms with E-state index in [9.17, 15) is 0 Å². The second kappa shape index (κ2) is 4.75. The lowest BCUT2D eigenvalue weighted by molar-refractivity contribution is 1.10. The minimum Gasteiger partial charge on any atom is -0.341 e. The van der Waals surface area contributed by atoms with Crippen molar-refractivity contribution in [2.45, 2.75) is 0 Å². The van der Waals surface area contributed by atoms with Crippen LogP contribution in [0.1, 0.15) is 0 Å². The molecule has 0 N–H and O–H groups in total. The van der Waals surface area contributed by atoms with Crippen molar-refractivity contribution in [1.29, 1.82) is 0 Å². The molecule has 4 aromatic carbocycles. The number of hydrogen-bond acceptors (Lipinski definition) is 2. The van der Waals surface area contributed by atoms with Gasteiger partial charge in [-0.25, -0.2) is 0 Å². The van der Waals surface area contributed by atoms with E-state index >= 15 is 0 Å². The molecule has 0 saturated heterocycles. The second-order valence-electron chi connectivity index (χ2n) is 6.49. The van der Waals surface area contributed by atoms with Crippen LogP contribution >= 0.6 is 0 Å². The first-order valence-corrected chi connectivity index (χ1v) is 8.25.